The summed E-state index contributed by atoms with van der Waals surface area (Å²) in [7, 11) is 1.55. The van der Waals surface area contributed by atoms with Crippen molar-refractivity contribution in [3.63, 3.8) is 0 Å². The normalized spacial score (nSPS) is 20.9. The summed E-state index contributed by atoms with van der Waals surface area (Å²) in [6.07, 6.45) is 0.176. The number of nitrogens with one attached hydrogen (secondary N) is 3. The number of methoxy groups -OCH3 is 1. The second-order valence-corrected chi connectivity index (χ2v) is 9.19. The van der Waals surface area contributed by atoms with Gasteiger partial charge in [0.1, 0.15) is 23.5 Å². The van der Waals surface area contributed by atoms with Crippen LogP contribution in [0.4, 0.5) is 5.69 Å². The van der Waals surface area contributed by atoms with E-state index >= 15 is 0 Å². The number of hydrogen-bond acceptors (Lipinski definition) is 6. The summed E-state index contributed by atoms with van der Waals surface area (Å²) in [5.74, 6) is -0.593. The molecule has 3 aromatic rings. The van der Waals surface area contributed by atoms with Gasteiger partial charge in [-0.05, 0) is 36.8 Å². The third-order valence-electron chi connectivity index (χ3n) is 7.10. The SMILES string of the molecule is CCOC[C@H](NC(=O)c1cc2c(OC)cccc2[nH]1)C(=O)N1C[C@]2(C[C@H]1C#N)C(=O)Nc1ccccc12. The van der Waals surface area contributed by atoms with E-state index in [2.05, 4.69) is 21.7 Å². The van der Waals surface area contributed by atoms with Crippen molar-refractivity contribution in [1.29, 1.82) is 5.26 Å². The molecule has 0 saturated carbocycles. The van der Waals surface area contributed by atoms with Crippen LogP contribution in [0.2, 0.25) is 0 Å². The molecule has 1 saturated heterocycles. The molecular weight excluding hydrogens is 474 g/mol. The van der Waals surface area contributed by atoms with E-state index in [0.717, 1.165) is 10.9 Å². The third kappa shape index (κ3) is 4.07. The predicted octanol–water partition coefficient (Wildman–Crippen LogP) is 2.33. The molecule has 1 fully saturated rings. The van der Waals surface area contributed by atoms with Gasteiger partial charge in [0, 0.05) is 36.2 Å². The molecule has 0 bridgehead atoms. The number of H-pyrrole nitrogens is 1. The Kier molecular flexibility index (Phi) is 6.31. The lowest BCUT2D eigenvalue weighted by molar-refractivity contribution is -0.135. The Labute approximate surface area is 213 Å². The number of fused-ring (bicyclic) bond motifs is 3. The Morgan fingerprint density at radius 1 is 1.27 bits per heavy atom. The van der Waals surface area contributed by atoms with Crippen molar-refractivity contribution >= 4 is 34.3 Å². The number of benzene rings is 2. The summed E-state index contributed by atoms with van der Waals surface area (Å²) in [6.45, 7) is 2.09. The fourth-order valence-corrected chi connectivity index (χ4v) is 5.26. The van der Waals surface area contributed by atoms with Crippen molar-refractivity contribution in [2.24, 2.45) is 0 Å². The van der Waals surface area contributed by atoms with Crippen LogP contribution in [0.3, 0.4) is 0 Å². The molecule has 10 heteroatoms. The Morgan fingerprint density at radius 3 is 2.84 bits per heavy atom. The zero-order chi connectivity index (χ0) is 26.2. The monoisotopic (exact) mass is 501 g/mol. The summed E-state index contributed by atoms with van der Waals surface area (Å²) in [6, 6.07) is 14.7. The second-order valence-electron chi connectivity index (χ2n) is 9.19. The first-order valence-corrected chi connectivity index (χ1v) is 12.1. The molecule has 3 heterocycles. The first-order valence-electron chi connectivity index (χ1n) is 12.1. The van der Waals surface area contributed by atoms with Crippen molar-refractivity contribution in [2.45, 2.75) is 30.8 Å². The Hall–Kier alpha value is -4.36. The minimum Gasteiger partial charge on any atom is -0.496 e. The smallest absolute Gasteiger partial charge is 0.268 e. The van der Waals surface area contributed by atoms with Gasteiger partial charge >= 0.3 is 0 Å². The number of rotatable bonds is 7. The van der Waals surface area contributed by atoms with E-state index in [-0.39, 0.29) is 31.2 Å². The van der Waals surface area contributed by atoms with Crippen molar-refractivity contribution in [2.75, 3.05) is 32.2 Å². The minimum absolute atomic E-state index is 0.0367. The molecule has 2 aromatic carbocycles. The molecule has 0 aliphatic carbocycles. The van der Waals surface area contributed by atoms with Crippen LogP contribution in [-0.4, -0.2) is 66.6 Å². The van der Waals surface area contributed by atoms with Crippen LogP contribution in [0.5, 0.6) is 5.75 Å². The fraction of sp³-hybridized carbons (Fsp3) is 0.333. The molecule has 0 unspecified atom stereocenters. The molecule has 190 valence electrons. The number of anilines is 1. The van der Waals surface area contributed by atoms with Crippen LogP contribution in [0.1, 0.15) is 29.4 Å². The molecule has 0 radical (unpaired) electrons. The van der Waals surface area contributed by atoms with Crippen molar-refractivity contribution < 1.29 is 23.9 Å². The van der Waals surface area contributed by atoms with E-state index in [9.17, 15) is 19.6 Å². The Morgan fingerprint density at radius 2 is 2.08 bits per heavy atom. The number of nitriles is 1. The van der Waals surface area contributed by atoms with Gasteiger partial charge in [-0.2, -0.15) is 5.26 Å². The highest BCUT2D eigenvalue weighted by molar-refractivity contribution is 6.07. The molecule has 1 spiro atoms. The Bertz CT molecular complexity index is 1430. The molecule has 10 nitrogen and oxygen atoms in total. The second kappa shape index (κ2) is 9.59. The van der Waals surface area contributed by atoms with E-state index in [0.29, 0.717) is 23.6 Å². The van der Waals surface area contributed by atoms with Gasteiger partial charge in [0.05, 0.1) is 25.2 Å². The molecule has 3 amide bonds. The first kappa shape index (κ1) is 24.3. The summed E-state index contributed by atoms with van der Waals surface area (Å²) < 4.78 is 10.9. The maximum Gasteiger partial charge on any atom is 0.268 e. The highest BCUT2D eigenvalue weighted by Crippen LogP contribution is 2.46. The number of hydrogen-bond donors (Lipinski definition) is 3. The number of ether oxygens (including phenoxy) is 2. The maximum atomic E-state index is 13.7. The van der Waals surface area contributed by atoms with E-state index in [1.807, 2.05) is 30.3 Å². The van der Waals surface area contributed by atoms with Crippen LogP contribution in [0, 0.1) is 11.3 Å². The Balaban J connectivity index is 1.41. The van der Waals surface area contributed by atoms with Crippen LogP contribution < -0.4 is 15.4 Å². The predicted molar refractivity (Wildman–Crippen MR) is 135 cm³/mol. The summed E-state index contributed by atoms with van der Waals surface area (Å²) in [5.41, 5.74) is 1.42. The van der Waals surface area contributed by atoms with E-state index in [1.54, 1.807) is 32.2 Å². The molecule has 1 aromatic heterocycles. The van der Waals surface area contributed by atoms with Gasteiger partial charge < -0.3 is 30.0 Å². The van der Waals surface area contributed by atoms with Crippen molar-refractivity contribution in [3.8, 4) is 11.8 Å². The van der Waals surface area contributed by atoms with Gasteiger partial charge in [0.25, 0.3) is 5.91 Å². The van der Waals surface area contributed by atoms with E-state index in [4.69, 9.17) is 9.47 Å². The molecule has 3 atom stereocenters. The maximum absolute atomic E-state index is 13.7. The zero-order valence-corrected chi connectivity index (χ0v) is 20.5. The average Bonchev–Trinajstić information content (AvgIpc) is 3.60. The van der Waals surface area contributed by atoms with Gasteiger partial charge in [-0.3, -0.25) is 14.4 Å². The number of aromatic amines is 1. The number of carbonyl (C=O) groups excluding carboxylic acids is 3. The number of amides is 3. The van der Waals surface area contributed by atoms with E-state index < -0.39 is 29.3 Å². The number of aromatic nitrogens is 1. The lowest BCUT2D eigenvalue weighted by atomic mass is 9.80. The largest absolute Gasteiger partial charge is 0.496 e. The first-order chi connectivity index (χ1) is 17.9. The van der Waals surface area contributed by atoms with Crippen molar-refractivity contribution in [1.82, 2.24) is 15.2 Å². The minimum atomic E-state index is -1.05. The summed E-state index contributed by atoms with van der Waals surface area (Å²) in [4.78, 5) is 44.4. The van der Waals surface area contributed by atoms with Crippen LogP contribution in [0.15, 0.2) is 48.5 Å². The average molecular weight is 502 g/mol. The standard InChI is InChI=1S/C27H27N5O5/c1-3-37-14-22(30-24(33)21-11-17-19(29-21)9-6-10-23(17)36-2)25(34)32-15-27(12-16(32)13-28)18-7-4-5-8-20(18)31-26(27)35/h4-11,16,22,29H,3,12,14-15H2,1-2H3,(H,30,33)(H,31,35)/t16-,22-,27-/m0/s1. The highest BCUT2D eigenvalue weighted by atomic mass is 16.5. The van der Waals surface area contributed by atoms with Gasteiger partial charge in [-0.1, -0.05) is 24.3 Å². The number of para-hydroxylation sites is 1. The van der Waals surface area contributed by atoms with Gasteiger partial charge in [-0.15, -0.1) is 0 Å². The molecule has 2 aliphatic heterocycles. The summed E-state index contributed by atoms with van der Waals surface area (Å²) in [5, 5.41) is 16.3. The zero-order valence-electron chi connectivity index (χ0n) is 20.5. The highest BCUT2D eigenvalue weighted by Gasteiger charge is 2.56. The van der Waals surface area contributed by atoms with Crippen LogP contribution in [0.25, 0.3) is 10.9 Å². The van der Waals surface area contributed by atoms with Crippen molar-refractivity contribution in [3.05, 3.63) is 59.8 Å². The molecule has 2 aliphatic rings. The summed E-state index contributed by atoms with van der Waals surface area (Å²) >= 11 is 0. The molecular formula is C27H27N5O5. The molecule has 5 rings (SSSR count). The fourth-order valence-electron chi connectivity index (χ4n) is 5.26. The number of carbonyl (C=O) groups is 3. The topological polar surface area (TPSA) is 137 Å². The third-order valence-corrected chi connectivity index (χ3v) is 7.10. The number of likely N-dealkylation sites (tertiary alicyclic amines) is 1. The molecule has 37 heavy (non-hydrogen) atoms. The van der Waals surface area contributed by atoms with Gasteiger partial charge in [0.2, 0.25) is 11.8 Å². The lowest BCUT2D eigenvalue weighted by Gasteiger charge is -2.27. The van der Waals surface area contributed by atoms with Gasteiger partial charge in [-0.25, -0.2) is 0 Å². The quantitative estimate of drug-likeness (QED) is 0.455. The molecule has 3 N–H and O–H groups in total. The van der Waals surface area contributed by atoms with E-state index in [1.165, 1.54) is 4.90 Å². The van der Waals surface area contributed by atoms with Gasteiger partial charge in [0.15, 0.2) is 0 Å². The number of nitrogens with zero attached hydrogens (tertiary/aromatic N) is 2. The van der Waals surface area contributed by atoms with Crippen LogP contribution in [-0.2, 0) is 19.7 Å². The lowest BCUT2D eigenvalue weighted by Crippen LogP contribution is -2.53. The van der Waals surface area contributed by atoms with Crippen LogP contribution >= 0.6 is 0 Å².